The summed E-state index contributed by atoms with van der Waals surface area (Å²) in [6.07, 6.45) is 0.988. The van der Waals surface area contributed by atoms with Gasteiger partial charge in [0, 0.05) is 62.5 Å². The maximum Gasteiger partial charge on any atom is 0.298 e. The van der Waals surface area contributed by atoms with E-state index in [4.69, 9.17) is 9.47 Å². The van der Waals surface area contributed by atoms with Crippen LogP contribution in [-0.4, -0.2) is 81.3 Å². The van der Waals surface area contributed by atoms with Crippen LogP contribution in [0.15, 0.2) is 30.3 Å². The van der Waals surface area contributed by atoms with Crippen LogP contribution in [-0.2, 0) is 11.2 Å². The molecule has 2 aromatic carbocycles. The van der Waals surface area contributed by atoms with Crippen molar-refractivity contribution in [3.8, 4) is 11.5 Å². The third-order valence-corrected chi connectivity index (χ3v) is 7.35. The first-order chi connectivity index (χ1) is 18.2. The summed E-state index contributed by atoms with van der Waals surface area (Å²) in [6.45, 7) is 4.91. The van der Waals surface area contributed by atoms with E-state index < -0.39 is 18.5 Å². The van der Waals surface area contributed by atoms with Gasteiger partial charge in [0.15, 0.2) is 5.75 Å². The van der Waals surface area contributed by atoms with Crippen LogP contribution in [0.4, 0.5) is 24.5 Å². The summed E-state index contributed by atoms with van der Waals surface area (Å²) in [6, 6.07) is 8.91. The minimum absolute atomic E-state index is 0.249. The molecule has 0 aromatic heterocycles. The van der Waals surface area contributed by atoms with E-state index in [1.165, 1.54) is 0 Å². The van der Waals surface area contributed by atoms with E-state index in [1.54, 1.807) is 25.1 Å². The molecule has 2 N–H and O–H groups in total. The van der Waals surface area contributed by atoms with Gasteiger partial charge < -0.3 is 20.1 Å². The predicted octanol–water partition coefficient (Wildman–Crippen LogP) is 4.72. The second-order valence-corrected chi connectivity index (χ2v) is 10.3. The summed E-state index contributed by atoms with van der Waals surface area (Å²) < 4.78 is 52.5. The summed E-state index contributed by atoms with van der Waals surface area (Å²) >= 11 is 0. The molecule has 4 rings (SSSR count). The van der Waals surface area contributed by atoms with E-state index in [-0.39, 0.29) is 18.8 Å². The lowest BCUT2D eigenvalue weighted by Gasteiger charge is -2.44. The fourth-order valence-electron chi connectivity index (χ4n) is 5.64. The van der Waals surface area contributed by atoms with E-state index in [9.17, 15) is 18.0 Å². The van der Waals surface area contributed by atoms with Gasteiger partial charge in [-0.25, -0.2) is 8.78 Å². The summed E-state index contributed by atoms with van der Waals surface area (Å²) in [7, 11) is 3.31. The quantitative estimate of drug-likeness (QED) is 0.382. The Morgan fingerprint density at radius 1 is 1.18 bits per heavy atom. The van der Waals surface area contributed by atoms with Crippen LogP contribution < -0.4 is 20.1 Å². The molecule has 2 heterocycles. The summed E-state index contributed by atoms with van der Waals surface area (Å²) in [5, 5.41) is 6.54. The molecular weight excluding hydrogens is 497 g/mol. The molecule has 0 saturated carbocycles. The molecule has 2 aliphatic rings. The number of likely N-dealkylation sites (tertiary alicyclic amines) is 1. The number of hydrogen-bond donors (Lipinski definition) is 2. The zero-order valence-corrected chi connectivity index (χ0v) is 22.4. The fourth-order valence-corrected chi connectivity index (χ4v) is 5.64. The van der Waals surface area contributed by atoms with Crippen molar-refractivity contribution in [3.63, 3.8) is 0 Å². The average molecular weight is 535 g/mol. The van der Waals surface area contributed by atoms with Gasteiger partial charge in [-0.15, -0.1) is 0 Å². The molecule has 10 heteroatoms. The Morgan fingerprint density at radius 2 is 1.92 bits per heavy atom. The minimum Gasteiger partial charge on any atom is -0.496 e. The van der Waals surface area contributed by atoms with E-state index in [1.807, 2.05) is 31.2 Å². The largest absolute Gasteiger partial charge is 0.496 e. The maximum atomic E-state index is 14.4. The molecule has 1 fully saturated rings. The number of benzene rings is 2. The zero-order valence-electron chi connectivity index (χ0n) is 22.4. The van der Waals surface area contributed by atoms with Crippen molar-refractivity contribution in [1.29, 1.82) is 0 Å². The molecule has 2 aromatic rings. The third kappa shape index (κ3) is 6.02. The van der Waals surface area contributed by atoms with Gasteiger partial charge in [-0.2, -0.15) is 0 Å². The van der Waals surface area contributed by atoms with Crippen molar-refractivity contribution in [3.05, 3.63) is 47.0 Å². The Kier molecular flexibility index (Phi) is 8.72. The monoisotopic (exact) mass is 534 g/mol. The number of nitrogens with zero attached hydrogens (tertiary/aromatic N) is 2. The van der Waals surface area contributed by atoms with Crippen LogP contribution in [0.2, 0.25) is 0 Å². The zero-order chi connectivity index (χ0) is 27.4. The van der Waals surface area contributed by atoms with Crippen molar-refractivity contribution < 1.29 is 27.4 Å². The highest BCUT2D eigenvalue weighted by Crippen LogP contribution is 2.47. The number of rotatable bonds is 12. The van der Waals surface area contributed by atoms with Gasteiger partial charge in [0.25, 0.3) is 12.4 Å². The second kappa shape index (κ2) is 11.8. The first-order valence-corrected chi connectivity index (χ1v) is 13.0. The first kappa shape index (κ1) is 28.0. The second-order valence-electron chi connectivity index (χ2n) is 10.3. The van der Waals surface area contributed by atoms with Gasteiger partial charge in [-0.05, 0) is 37.5 Å². The molecule has 0 radical (unpaired) electrons. The van der Waals surface area contributed by atoms with Crippen LogP contribution in [0, 0.1) is 0 Å². The molecular formula is C28H37F3N4O3. The normalized spacial score (nSPS) is 20.4. The van der Waals surface area contributed by atoms with Gasteiger partial charge in [0.05, 0.1) is 38.1 Å². The average Bonchev–Trinajstić information content (AvgIpc) is 2.85. The Labute approximate surface area is 222 Å². The molecule has 1 unspecified atom stereocenters. The SMILES string of the molecule is CNc1ccc2c(c1OC=O)C[C@@H](C)N(CC(C)(F)F)C2c1ccc(NC2CN(CCCF)C2)cc1OC. The van der Waals surface area contributed by atoms with Crippen LogP contribution in [0.5, 0.6) is 11.5 Å². The van der Waals surface area contributed by atoms with Crippen molar-refractivity contribution >= 4 is 17.8 Å². The Morgan fingerprint density at radius 3 is 2.55 bits per heavy atom. The molecule has 208 valence electrons. The Hall–Kier alpha value is -2.98. The lowest BCUT2D eigenvalue weighted by Crippen LogP contribution is -2.54. The van der Waals surface area contributed by atoms with Crippen LogP contribution >= 0.6 is 0 Å². The molecule has 0 spiro atoms. The lowest BCUT2D eigenvalue weighted by molar-refractivity contribution is -0.120. The topological polar surface area (TPSA) is 66.1 Å². The van der Waals surface area contributed by atoms with Gasteiger partial charge in [0.2, 0.25) is 0 Å². The highest BCUT2D eigenvalue weighted by molar-refractivity contribution is 5.68. The highest BCUT2D eigenvalue weighted by Gasteiger charge is 2.41. The number of anilines is 2. The standard InChI is InChI=1S/C28H37F3N4O3/c1-18-12-23-21(8-9-24(32-3)27(23)38-17-36)26(35(18)16-28(2,30)31)22-7-6-19(13-25(22)37-4)33-20-14-34(15-20)11-5-10-29/h6-9,13,17-18,20,26,32-33H,5,10-12,14-16H2,1-4H3/t18-,26?/m1/s1. The maximum absolute atomic E-state index is 14.4. The molecule has 0 bridgehead atoms. The lowest BCUT2D eigenvalue weighted by atomic mass is 9.83. The van der Waals surface area contributed by atoms with Crippen molar-refractivity contribution in [1.82, 2.24) is 9.80 Å². The molecule has 0 amide bonds. The number of halogens is 3. The molecule has 0 aliphatic carbocycles. The highest BCUT2D eigenvalue weighted by atomic mass is 19.3. The molecule has 2 aliphatic heterocycles. The van der Waals surface area contributed by atoms with Crippen LogP contribution in [0.1, 0.15) is 43.0 Å². The number of fused-ring (bicyclic) bond motifs is 1. The Balaban J connectivity index is 1.71. The van der Waals surface area contributed by atoms with E-state index in [0.717, 1.165) is 48.9 Å². The third-order valence-electron chi connectivity index (χ3n) is 7.35. The summed E-state index contributed by atoms with van der Waals surface area (Å²) in [4.78, 5) is 15.3. The first-order valence-electron chi connectivity index (χ1n) is 13.0. The number of alkyl halides is 3. The Bertz CT molecular complexity index is 1120. The van der Waals surface area contributed by atoms with Crippen LogP contribution in [0.3, 0.4) is 0 Å². The van der Waals surface area contributed by atoms with Crippen molar-refractivity contribution in [2.24, 2.45) is 0 Å². The number of methoxy groups -OCH3 is 1. The number of ether oxygens (including phenoxy) is 2. The summed E-state index contributed by atoms with van der Waals surface area (Å²) in [5.41, 5.74) is 3.88. The summed E-state index contributed by atoms with van der Waals surface area (Å²) in [5.74, 6) is -1.92. The number of carbonyl (C=O) groups is 1. The van der Waals surface area contributed by atoms with Gasteiger partial charge in [0.1, 0.15) is 5.75 Å². The van der Waals surface area contributed by atoms with Crippen LogP contribution in [0.25, 0.3) is 0 Å². The number of hydrogen-bond acceptors (Lipinski definition) is 7. The molecule has 38 heavy (non-hydrogen) atoms. The van der Waals surface area contributed by atoms with Gasteiger partial charge in [-0.3, -0.25) is 19.0 Å². The molecule has 7 nitrogen and oxygen atoms in total. The van der Waals surface area contributed by atoms with Gasteiger partial charge in [-0.1, -0.05) is 12.1 Å². The fraction of sp³-hybridized carbons (Fsp3) is 0.536. The van der Waals surface area contributed by atoms with Gasteiger partial charge >= 0.3 is 0 Å². The molecule has 1 saturated heterocycles. The van der Waals surface area contributed by atoms with E-state index in [0.29, 0.717) is 36.5 Å². The predicted molar refractivity (Wildman–Crippen MR) is 142 cm³/mol. The number of carbonyl (C=O) groups excluding carboxylic acids is 1. The molecule has 2 atom stereocenters. The van der Waals surface area contributed by atoms with E-state index >= 15 is 0 Å². The minimum atomic E-state index is -2.91. The smallest absolute Gasteiger partial charge is 0.298 e. The number of nitrogens with one attached hydrogen (secondary N) is 2. The van der Waals surface area contributed by atoms with E-state index in [2.05, 4.69) is 15.5 Å². The van der Waals surface area contributed by atoms with Crippen molar-refractivity contribution in [2.45, 2.75) is 50.7 Å². The van der Waals surface area contributed by atoms with Crippen molar-refractivity contribution in [2.75, 3.05) is 57.6 Å².